The number of hydrogen-bond donors (Lipinski definition) is 0. The van der Waals surface area contributed by atoms with Gasteiger partial charge in [-0.05, 0) is 42.8 Å². The van der Waals surface area contributed by atoms with Gasteiger partial charge in [-0.15, -0.1) is 0 Å². The maximum atomic E-state index is 12.4. The van der Waals surface area contributed by atoms with E-state index in [0.717, 1.165) is 17.9 Å². The third-order valence-corrected chi connectivity index (χ3v) is 3.91. The van der Waals surface area contributed by atoms with Gasteiger partial charge >= 0.3 is 0 Å². The summed E-state index contributed by atoms with van der Waals surface area (Å²) in [4.78, 5) is 28.1. The molecule has 106 valence electrons. The molecule has 0 bridgehead atoms. The van der Waals surface area contributed by atoms with Crippen LogP contribution in [0.3, 0.4) is 0 Å². The molecule has 0 fully saturated rings. The molecule has 0 saturated heterocycles. The predicted octanol–water partition coefficient (Wildman–Crippen LogP) is 2.33. The van der Waals surface area contributed by atoms with Crippen LogP contribution >= 0.6 is 15.9 Å². The summed E-state index contributed by atoms with van der Waals surface area (Å²) in [5.74, 6) is -0.0835. The van der Waals surface area contributed by atoms with Crippen molar-refractivity contribution in [2.24, 2.45) is 0 Å². The number of halogens is 1. The van der Waals surface area contributed by atoms with Crippen LogP contribution in [0, 0.1) is 13.8 Å². The van der Waals surface area contributed by atoms with Gasteiger partial charge in [0.1, 0.15) is 4.47 Å². The number of aryl methyl sites for hydroxylation is 1. The van der Waals surface area contributed by atoms with Crippen LogP contribution in [0.25, 0.3) is 0 Å². The molecule has 0 aliphatic rings. The number of aromatic nitrogens is 3. The Bertz CT molecular complexity index is 716. The summed E-state index contributed by atoms with van der Waals surface area (Å²) in [5, 5.41) is 0. The first-order chi connectivity index (χ1) is 9.45. The molecule has 0 spiro atoms. The summed E-state index contributed by atoms with van der Waals surface area (Å²) >= 11 is 3.12. The molecule has 0 aromatic carbocycles. The van der Waals surface area contributed by atoms with Gasteiger partial charge in [-0.2, -0.15) is 0 Å². The second kappa shape index (κ2) is 5.75. The minimum Gasteiger partial charge on any atom is -0.349 e. The lowest BCUT2D eigenvalue weighted by Crippen LogP contribution is -2.25. The quantitative estimate of drug-likeness (QED) is 0.804. The summed E-state index contributed by atoms with van der Waals surface area (Å²) in [7, 11) is 0. The molecule has 2 rings (SSSR count). The van der Waals surface area contributed by atoms with Crippen LogP contribution in [0.4, 0.5) is 0 Å². The first kappa shape index (κ1) is 14.7. The van der Waals surface area contributed by atoms with Crippen LogP contribution in [-0.4, -0.2) is 19.9 Å². The first-order valence-corrected chi connectivity index (χ1v) is 7.14. The lowest BCUT2D eigenvalue weighted by atomic mass is 10.1. The summed E-state index contributed by atoms with van der Waals surface area (Å²) in [5.41, 5.74) is 2.40. The number of carbonyl (C=O) groups excluding carboxylic acids is 1. The number of nitrogens with zero attached hydrogens (tertiary/aromatic N) is 3. The van der Waals surface area contributed by atoms with Crippen molar-refractivity contribution in [3.63, 3.8) is 0 Å². The molecule has 0 atom stereocenters. The normalized spacial score (nSPS) is 10.8. The van der Waals surface area contributed by atoms with E-state index in [4.69, 9.17) is 0 Å². The highest BCUT2D eigenvalue weighted by Crippen LogP contribution is 2.16. The molecule has 20 heavy (non-hydrogen) atoms. The minimum atomic E-state index is -0.252. The van der Waals surface area contributed by atoms with Crippen molar-refractivity contribution in [2.45, 2.75) is 33.9 Å². The Morgan fingerprint density at radius 3 is 2.70 bits per heavy atom. The van der Waals surface area contributed by atoms with Crippen LogP contribution in [-0.2, 0) is 13.1 Å². The highest BCUT2D eigenvalue weighted by Gasteiger charge is 2.16. The van der Waals surface area contributed by atoms with Crippen molar-refractivity contribution in [1.29, 1.82) is 0 Å². The second-order valence-electron chi connectivity index (χ2n) is 4.63. The topological polar surface area (TPSA) is 56.9 Å². The van der Waals surface area contributed by atoms with E-state index < -0.39 is 0 Å². The summed E-state index contributed by atoms with van der Waals surface area (Å²) < 4.78 is 3.74. The van der Waals surface area contributed by atoms with Crippen molar-refractivity contribution in [3.8, 4) is 0 Å². The molecular formula is C14H16BrN3O2. The van der Waals surface area contributed by atoms with Crippen molar-refractivity contribution in [1.82, 2.24) is 14.1 Å². The molecule has 0 radical (unpaired) electrons. The average molecular weight is 338 g/mol. The highest BCUT2D eigenvalue weighted by atomic mass is 79.9. The van der Waals surface area contributed by atoms with Gasteiger partial charge in [-0.25, -0.2) is 4.98 Å². The maximum Gasteiger partial charge on any atom is 0.268 e. The van der Waals surface area contributed by atoms with Gasteiger partial charge in [0.2, 0.25) is 0 Å². The summed E-state index contributed by atoms with van der Waals surface area (Å²) in [6.07, 6.45) is 2.80. The SMILES string of the molecule is CCn1c(C)cc(C(=O)Cn2cncc(Br)c2=O)c1C. The Kier molecular flexibility index (Phi) is 4.23. The molecule has 0 amide bonds. The predicted molar refractivity (Wildman–Crippen MR) is 80.1 cm³/mol. The van der Waals surface area contributed by atoms with E-state index in [1.54, 1.807) is 0 Å². The Balaban J connectivity index is 2.34. The smallest absolute Gasteiger partial charge is 0.268 e. The lowest BCUT2D eigenvalue weighted by Gasteiger charge is -2.07. The zero-order chi connectivity index (χ0) is 14.9. The van der Waals surface area contributed by atoms with E-state index in [0.29, 0.717) is 10.0 Å². The largest absolute Gasteiger partial charge is 0.349 e. The number of carbonyl (C=O) groups is 1. The van der Waals surface area contributed by atoms with Crippen molar-refractivity contribution < 1.29 is 4.79 Å². The van der Waals surface area contributed by atoms with E-state index >= 15 is 0 Å². The molecule has 0 saturated carbocycles. The van der Waals surface area contributed by atoms with Crippen LogP contribution < -0.4 is 5.56 Å². The molecule has 5 nitrogen and oxygen atoms in total. The monoisotopic (exact) mass is 337 g/mol. The Morgan fingerprint density at radius 1 is 1.40 bits per heavy atom. The van der Waals surface area contributed by atoms with E-state index in [1.807, 2.05) is 26.8 Å². The van der Waals surface area contributed by atoms with Crippen molar-refractivity contribution in [3.05, 3.63) is 50.4 Å². The van der Waals surface area contributed by atoms with Gasteiger partial charge in [-0.1, -0.05) is 0 Å². The fraction of sp³-hybridized carbons (Fsp3) is 0.357. The maximum absolute atomic E-state index is 12.4. The van der Waals surface area contributed by atoms with Crippen LogP contribution in [0.5, 0.6) is 0 Å². The Hall–Kier alpha value is -1.69. The lowest BCUT2D eigenvalue weighted by molar-refractivity contribution is 0.0969. The Morgan fingerprint density at radius 2 is 2.10 bits per heavy atom. The van der Waals surface area contributed by atoms with Gasteiger partial charge in [0.15, 0.2) is 5.78 Å². The van der Waals surface area contributed by atoms with E-state index in [9.17, 15) is 9.59 Å². The zero-order valence-corrected chi connectivity index (χ0v) is 13.3. The molecule has 0 aliphatic carbocycles. The van der Waals surface area contributed by atoms with Crippen molar-refractivity contribution in [2.75, 3.05) is 0 Å². The highest BCUT2D eigenvalue weighted by molar-refractivity contribution is 9.10. The standard InChI is InChI=1S/C14H16BrN3O2/c1-4-18-9(2)5-11(10(18)3)13(19)7-17-8-16-6-12(15)14(17)20/h5-6,8H,4,7H2,1-3H3. The summed E-state index contributed by atoms with van der Waals surface area (Å²) in [6, 6.07) is 1.87. The molecular weight excluding hydrogens is 322 g/mol. The third-order valence-electron chi connectivity index (χ3n) is 3.36. The summed E-state index contributed by atoms with van der Waals surface area (Å²) in [6.45, 7) is 6.76. The fourth-order valence-corrected chi connectivity index (χ4v) is 2.69. The van der Waals surface area contributed by atoms with Crippen LogP contribution in [0.1, 0.15) is 28.7 Å². The van der Waals surface area contributed by atoms with Crippen LogP contribution in [0.2, 0.25) is 0 Å². The van der Waals surface area contributed by atoms with Gasteiger partial charge in [0.05, 0.1) is 12.9 Å². The van der Waals surface area contributed by atoms with Gasteiger partial charge in [0, 0.05) is 29.7 Å². The molecule has 2 aromatic heterocycles. The van der Waals surface area contributed by atoms with Gasteiger partial charge in [-0.3, -0.25) is 14.2 Å². The average Bonchev–Trinajstić information content (AvgIpc) is 2.70. The zero-order valence-electron chi connectivity index (χ0n) is 11.7. The van der Waals surface area contributed by atoms with E-state index in [-0.39, 0.29) is 17.9 Å². The Labute approximate surface area is 125 Å². The van der Waals surface area contributed by atoms with Gasteiger partial charge in [0.25, 0.3) is 5.56 Å². The van der Waals surface area contributed by atoms with E-state index in [2.05, 4.69) is 25.5 Å². The van der Waals surface area contributed by atoms with Gasteiger partial charge < -0.3 is 4.57 Å². The molecule has 6 heteroatoms. The number of ketones is 1. The third kappa shape index (κ3) is 2.60. The minimum absolute atomic E-state index is 0.000713. The molecule has 0 unspecified atom stereocenters. The first-order valence-electron chi connectivity index (χ1n) is 6.35. The second-order valence-corrected chi connectivity index (χ2v) is 5.48. The number of rotatable bonds is 4. The van der Waals surface area contributed by atoms with E-state index in [1.165, 1.54) is 17.1 Å². The van der Waals surface area contributed by atoms with Crippen molar-refractivity contribution >= 4 is 21.7 Å². The van der Waals surface area contributed by atoms with Crippen LogP contribution in [0.15, 0.2) is 27.9 Å². The molecule has 2 aromatic rings. The number of hydrogen-bond acceptors (Lipinski definition) is 3. The molecule has 0 aliphatic heterocycles. The molecule has 0 N–H and O–H groups in total. The number of Topliss-reactive ketones (excluding diaryl/α,β-unsaturated/α-hetero) is 1. The fourth-order valence-electron chi connectivity index (χ4n) is 2.35. The molecule has 2 heterocycles.